The summed E-state index contributed by atoms with van der Waals surface area (Å²) in [6.07, 6.45) is 5.32. The number of rotatable bonds is 2. The molecule has 2 aliphatic rings. The molecule has 0 saturated carbocycles. The number of allylic oxidation sites excluding steroid dienone is 2. The van der Waals surface area contributed by atoms with Crippen LogP contribution in [0.15, 0.2) is 53.0 Å². The smallest absolute Gasteiger partial charge is 0.335 e. The fraction of sp³-hybridized carbons (Fsp3) is 0.211. The summed E-state index contributed by atoms with van der Waals surface area (Å²) in [4.78, 5) is 11.4. The number of halogens is 2. The van der Waals surface area contributed by atoms with Crippen molar-refractivity contribution in [3.8, 4) is 0 Å². The van der Waals surface area contributed by atoms with E-state index < -0.39 is 5.97 Å². The first kappa shape index (κ1) is 15.7. The van der Waals surface area contributed by atoms with Gasteiger partial charge >= 0.3 is 5.97 Å². The molecule has 24 heavy (non-hydrogen) atoms. The van der Waals surface area contributed by atoms with E-state index in [0.29, 0.717) is 10.9 Å². The zero-order valence-corrected chi connectivity index (χ0v) is 15.0. The van der Waals surface area contributed by atoms with E-state index in [9.17, 15) is 9.90 Å². The summed E-state index contributed by atoms with van der Waals surface area (Å²) in [7, 11) is 0. The molecule has 1 heterocycles. The molecule has 0 aromatic heterocycles. The number of benzene rings is 2. The van der Waals surface area contributed by atoms with Gasteiger partial charge in [-0.2, -0.15) is 0 Å². The van der Waals surface area contributed by atoms with E-state index in [1.165, 1.54) is 11.6 Å². The highest BCUT2D eigenvalue weighted by Gasteiger charge is 2.39. The SMILES string of the molecule is O=C(O)c1cc(Cl)c2c(c1)C1C=CCC1C(c1cccc(Br)c1)N2. The second-order valence-corrected chi connectivity index (χ2v) is 7.58. The lowest BCUT2D eigenvalue weighted by Gasteiger charge is -2.38. The Labute approximate surface area is 153 Å². The Kier molecular flexibility index (Phi) is 3.89. The normalized spacial score (nSPS) is 24.2. The lowest BCUT2D eigenvalue weighted by molar-refractivity contribution is 0.0696. The Bertz CT molecular complexity index is 864. The maximum Gasteiger partial charge on any atom is 0.335 e. The van der Waals surface area contributed by atoms with Crippen molar-refractivity contribution in [1.29, 1.82) is 0 Å². The minimum atomic E-state index is -0.952. The highest BCUT2D eigenvalue weighted by atomic mass is 79.9. The summed E-state index contributed by atoms with van der Waals surface area (Å²) >= 11 is 9.94. The Balaban J connectivity index is 1.83. The summed E-state index contributed by atoms with van der Waals surface area (Å²) < 4.78 is 1.04. The molecule has 3 nitrogen and oxygen atoms in total. The zero-order chi connectivity index (χ0) is 16.8. The number of carboxylic acids is 1. The summed E-state index contributed by atoms with van der Waals surface area (Å²) in [6.45, 7) is 0. The molecule has 122 valence electrons. The fourth-order valence-corrected chi connectivity index (χ4v) is 4.51. The van der Waals surface area contributed by atoms with Crippen molar-refractivity contribution >= 4 is 39.2 Å². The van der Waals surface area contributed by atoms with Crippen LogP contribution >= 0.6 is 27.5 Å². The predicted molar refractivity (Wildman–Crippen MR) is 98.9 cm³/mol. The minimum absolute atomic E-state index is 0.142. The number of hydrogen-bond donors (Lipinski definition) is 2. The van der Waals surface area contributed by atoms with Crippen LogP contribution in [0.2, 0.25) is 5.02 Å². The van der Waals surface area contributed by atoms with E-state index in [0.717, 1.165) is 22.1 Å². The molecule has 2 aromatic rings. The minimum Gasteiger partial charge on any atom is -0.478 e. The molecule has 5 heteroatoms. The molecular weight excluding hydrogens is 390 g/mol. The summed E-state index contributed by atoms with van der Waals surface area (Å²) in [5.41, 5.74) is 3.26. The van der Waals surface area contributed by atoms with Crippen LogP contribution in [0.3, 0.4) is 0 Å². The Morgan fingerprint density at radius 3 is 2.88 bits per heavy atom. The molecule has 0 saturated heterocycles. The summed E-state index contributed by atoms with van der Waals surface area (Å²) in [5.74, 6) is -0.415. The van der Waals surface area contributed by atoms with E-state index >= 15 is 0 Å². The van der Waals surface area contributed by atoms with Crippen LogP contribution in [0, 0.1) is 5.92 Å². The maximum absolute atomic E-state index is 11.4. The lowest BCUT2D eigenvalue weighted by Crippen LogP contribution is -2.29. The molecule has 4 rings (SSSR count). The van der Waals surface area contributed by atoms with Gasteiger partial charge in [0, 0.05) is 10.4 Å². The third-order valence-electron chi connectivity index (χ3n) is 4.88. The largest absolute Gasteiger partial charge is 0.478 e. The van der Waals surface area contributed by atoms with Crippen molar-refractivity contribution in [2.24, 2.45) is 5.92 Å². The maximum atomic E-state index is 11.4. The Morgan fingerprint density at radius 2 is 2.12 bits per heavy atom. The Morgan fingerprint density at radius 1 is 1.29 bits per heavy atom. The van der Waals surface area contributed by atoms with E-state index in [2.05, 4.69) is 45.5 Å². The fourth-order valence-electron chi connectivity index (χ4n) is 3.81. The van der Waals surface area contributed by atoms with Gasteiger partial charge in [-0.3, -0.25) is 0 Å². The Hall–Kier alpha value is -1.78. The van der Waals surface area contributed by atoms with Crippen LogP contribution in [-0.2, 0) is 0 Å². The van der Waals surface area contributed by atoms with Crippen LogP contribution in [0.5, 0.6) is 0 Å². The third kappa shape index (κ3) is 2.54. The van der Waals surface area contributed by atoms with Gasteiger partial charge in [-0.15, -0.1) is 0 Å². The lowest BCUT2D eigenvalue weighted by atomic mass is 9.76. The average Bonchev–Trinajstić information content (AvgIpc) is 3.04. The van der Waals surface area contributed by atoms with Crippen LogP contribution < -0.4 is 5.32 Å². The van der Waals surface area contributed by atoms with Crippen molar-refractivity contribution < 1.29 is 9.90 Å². The van der Waals surface area contributed by atoms with Crippen molar-refractivity contribution in [3.05, 3.63) is 74.7 Å². The molecule has 3 atom stereocenters. The van der Waals surface area contributed by atoms with E-state index in [-0.39, 0.29) is 17.5 Å². The van der Waals surface area contributed by atoms with Crippen molar-refractivity contribution in [3.63, 3.8) is 0 Å². The molecule has 0 fully saturated rings. The molecular formula is C19H15BrClNO2. The van der Waals surface area contributed by atoms with Gasteiger partial charge in [-0.05, 0) is 47.7 Å². The summed E-state index contributed by atoms with van der Waals surface area (Å²) in [5, 5.41) is 13.3. The average molecular weight is 405 g/mol. The third-order valence-corrected chi connectivity index (χ3v) is 5.67. The first-order valence-electron chi connectivity index (χ1n) is 7.80. The highest BCUT2D eigenvalue weighted by Crippen LogP contribution is 2.51. The zero-order valence-electron chi connectivity index (χ0n) is 12.7. The molecule has 0 spiro atoms. The molecule has 0 radical (unpaired) electrons. The number of fused-ring (bicyclic) bond motifs is 3. The second kappa shape index (κ2) is 5.94. The topological polar surface area (TPSA) is 49.3 Å². The standard InChI is InChI=1S/C19H15BrClNO2/c20-12-4-1-3-10(7-12)17-14-6-2-5-13(14)15-8-11(19(23)24)9-16(21)18(15)22-17/h1-5,7-9,13-14,17,22H,6H2,(H,23,24). The molecule has 1 aliphatic carbocycles. The first-order valence-corrected chi connectivity index (χ1v) is 8.97. The van der Waals surface area contributed by atoms with Crippen molar-refractivity contribution in [2.45, 2.75) is 18.4 Å². The summed E-state index contributed by atoms with van der Waals surface area (Å²) in [6, 6.07) is 11.7. The molecule has 2 N–H and O–H groups in total. The number of aromatic carboxylic acids is 1. The number of anilines is 1. The number of hydrogen-bond acceptors (Lipinski definition) is 2. The van der Waals surface area contributed by atoms with Crippen LogP contribution in [0.25, 0.3) is 0 Å². The van der Waals surface area contributed by atoms with Gasteiger partial charge in [0.2, 0.25) is 0 Å². The van der Waals surface area contributed by atoms with Gasteiger partial charge in [0.15, 0.2) is 0 Å². The van der Waals surface area contributed by atoms with E-state index in [1.54, 1.807) is 6.07 Å². The van der Waals surface area contributed by atoms with Gasteiger partial charge in [-0.1, -0.05) is 51.8 Å². The first-order chi connectivity index (χ1) is 11.5. The second-order valence-electron chi connectivity index (χ2n) is 6.26. The van der Waals surface area contributed by atoms with E-state index in [1.807, 2.05) is 12.1 Å². The predicted octanol–water partition coefficient (Wildman–Crippen LogP) is 5.63. The molecule has 1 aliphatic heterocycles. The monoisotopic (exact) mass is 403 g/mol. The number of carboxylic acid groups (broad SMARTS) is 1. The molecule has 0 bridgehead atoms. The molecule has 0 amide bonds. The van der Waals surface area contributed by atoms with Gasteiger partial charge in [-0.25, -0.2) is 4.79 Å². The van der Waals surface area contributed by atoms with Crippen LogP contribution in [-0.4, -0.2) is 11.1 Å². The van der Waals surface area contributed by atoms with Crippen LogP contribution in [0.4, 0.5) is 5.69 Å². The molecule has 2 aromatic carbocycles. The number of carbonyl (C=O) groups is 1. The number of nitrogens with one attached hydrogen (secondary N) is 1. The van der Waals surface area contributed by atoms with Crippen molar-refractivity contribution in [2.75, 3.05) is 5.32 Å². The van der Waals surface area contributed by atoms with Gasteiger partial charge in [0.05, 0.1) is 22.3 Å². The quantitative estimate of drug-likeness (QED) is 0.638. The van der Waals surface area contributed by atoms with Gasteiger partial charge < -0.3 is 10.4 Å². The van der Waals surface area contributed by atoms with E-state index in [4.69, 9.17) is 11.6 Å². The van der Waals surface area contributed by atoms with Crippen molar-refractivity contribution in [1.82, 2.24) is 0 Å². The van der Waals surface area contributed by atoms with Gasteiger partial charge in [0.25, 0.3) is 0 Å². The van der Waals surface area contributed by atoms with Crippen LogP contribution in [0.1, 0.15) is 39.9 Å². The molecule has 3 unspecified atom stereocenters. The highest BCUT2D eigenvalue weighted by molar-refractivity contribution is 9.10. The van der Waals surface area contributed by atoms with Gasteiger partial charge in [0.1, 0.15) is 0 Å².